The minimum absolute atomic E-state index is 0. The maximum atomic E-state index is 5.99. The molecule has 5 nitrogen and oxygen atoms in total. The van der Waals surface area contributed by atoms with Crippen LogP contribution in [0.15, 0.2) is 23.3 Å². The predicted octanol–water partition coefficient (Wildman–Crippen LogP) is 3.09. The van der Waals surface area contributed by atoms with E-state index in [1.54, 1.807) is 0 Å². The Labute approximate surface area is 157 Å². The lowest BCUT2D eigenvalue weighted by atomic mass is 9.99. The molecule has 1 aromatic rings. The van der Waals surface area contributed by atoms with Crippen LogP contribution in [0.5, 0.6) is 0 Å². The molecule has 0 unspecified atom stereocenters. The van der Waals surface area contributed by atoms with Gasteiger partial charge in [0.1, 0.15) is 5.82 Å². The van der Waals surface area contributed by atoms with Crippen LogP contribution in [0.3, 0.4) is 0 Å². The van der Waals surface area contributed by atoms with Gasteiger partial charge in [-0.25, -0.2) is 9.98 Å². The van der Waals surface area contributed by atoms with Crippen molar-refractivity contribution in [3.05, 3.63) is 23.9 Å². The van der Waals surface area contributed by atoms with E-state index in [1.165, 1.54) is 12.8 Å². The maximum Gasteiger partial charge on any atom is 0.191 e. The predicted molar refractivity (Wildman–Crippen MR) is 109 cm³/mol. The van der Waals surface area contributed by atoms with E-state index in [0.717, 1.165) is 43.5 Å². The summed E-state index contributed by atoms with van der Waals surface area (Å²) in [6.07, 6.45) is 4.44. The Morgan fingerprint density at radius 2 is 1.96 bits per heavy atom. The number of guanidine groups is 1. The van der Waals surface area contributed by atoms with Crippen molar-refractivity contribution in [3.63, 3.8) is 0 Å². The van der Waals surface area contributed by atoms with Crippen molar-refractivity contribution < 1.29 is 0 Å². The third kappa shape index (κ3) is 5.82. The Bertz CT molecular complexity index is 476. The molecule has 2 heterocycles. The number of aliphatic imine (C=N–C) groups is 1. The highest BCUT2D eigenvalue weighted by molar-refractivity contribution is 14.0. The zero-order valence-electron chi connectivity index (χ0n) is 14.5. The number of anilines is 1. The van der Waals surface area contributed by atoms with Crippen molar-refractivity contribution in [2.75, 3.05) is 31.1 Å². The standard InChI is InChI=1S/C17H29N5.HI/c1-4-21(5-2)17(18)20-13-15-6-7-16(19-12-15)22-10-8-14(3)9-11-22;/h6-7,12,14H,4-5,8-11,13H2,1-3H3,(H2,18,20);1H. The van der Waals surface area contributed by atoms with E-state index in [9.17, 15) is 0 Å². The number of rotatable bonds is 5. The van der Waals surface area contributed by atoms with Gasteiger partial charge < -0.3 is 15.5 Å². The monoisotopic (exact) mass is 431 g/mol. The van der Waals surface area contributed by atoms with Crippen LogP contribution >= 0.6 is 24.0 Å². The third-order valence-electron chi connectivity index (χ3n) is 4.43. The molecule has 2 N–H and O–H groups in total. The highest BCUT2D eigenvalue weighted by Gasteiger charge is 2.16. The van der Waals surface area contributed by atoms with E-state index in [0.29, 0.717) is 12.5 Å². The molecule has 0 aromatic carbocycles. The Balaban J connectivity index is 0.00000264. The van der Waals surface area contributed by atoms with Crippen molar-refractivity contribution in [1.82, 2.24) is 9.88 Å². The molecule has 6 heteroatoms. The molecular weight excluding hydrogens is 401 g/mol. The first-order valence-electron chi connectivity index (χ1n) is 8.38. The molecule has 0 atom stereocenters. The molecule has 0 spiro atoms. The van der Waals surface area contributed by atoms with Crippen LogP contribution in [0.25, 0.3) is 0 Å². The van der Waals surface area contributed by atoms with Gasteiger partial charge in [-0.05, 0) is 44.2 Å². The molecular formula is C17H30IN5. The second-order valence-electron chi connectivity index (χ2n) is 6.04. The van der Waals surface area contributed by atoms with Gasteiger partial charge in [-0.1, -0.05) is 13.0 Å². The average molecular weight is 431 g/mol. The van der Waals surface area contributed by atoms with Crippen LogP contribution < -0.4 is 10.6 Å². The van der Waals surface area contributed by atoms with E-state index in [-0.39, 0.29) is 24.0 Å². The van der Waals surface area contributed by atoms with E-state index in [1.807, 2.05) is 6.20 Å². The van der Waals surface area contributed by atoms with Crippen LogP contribution in [-0.4, -0.2) is 42.0 Å². The van der Waals surface area contributed by atoms with Gasteiger partial charge in [0.05, 0.1) is 6.54 Å². The smallest absolute Gasteiger partial charge is 0.191 e. The number of piperidine rings is 1. The van der Waals surface area contributed by atoms with Crippen LogP contribution in [0.2, 0.25) is 0 Å². The van der Waals surface area contributed by atoms with Gasteiger partial charge in [-0.15, -0.1) is 24.0 Å². The second kappa shape index (κ2) is 9.95. The summed E-state index contributed by atoms with van der Waals surface area (Å²) in [5.41, 5.74) is 7.10. The molecule has 1 saturated heterocycles. The molecule has 1 fully saturated rings. The van der Waals surface area contributed by atoms with Crippen molar-refractivity contribution >= 4 is 35.8 Å². The van der Waals surface area contributed by atoms with Crippen molar-refractivity contribution in [2.45, 2.75) is 40.2 Å². The number of nitrogens with zero attached hydrogens (tertiary/aromatic N) is 4. The quantitative estimate of drug-likeness (QED) is 0.442. The lowest BCUT2D eigenvalue weighted by molar-refractivity contribution is 0.436. The Morgan fingerprint density at radius 3 is 2.48 bits per heavy atom. The normalized spacial score (nSPS) is 16.1. The topological polar surface area (TPSA) is 57.8 Å². The van der Waals surface area contributed by atoms with Gasteiger partial charge >= 0.3 is 0 Å². The highest BCUT2D eigenvalue weighted by atomic mass is 127. The molecule has 23 heavy (non-hydrogen) atoms. The summed E-state index contributed by atoms with van der Waals surface area (Å²) >= 11 is 0. The van der Waals surface area contributed by atoms with Crippen LogP contribution in [-0.2, 0) is 6.54 Å². The summed E-state index contributed by atoms with van der Waals surface area (Å²) in [6.45, 7) is 11.1. The Morgan fingerprint density at radius 1 is 1.30 bits per heavy atom. The molecule has 0 aliphatic carbocycles. The van der Waals surface area contributed by atoms with Gasteiger partial charge in [0, 0.05) is 32.4 Å². The van der Waals surface area contributed by atoms with E-state index in [4.69, 9.17) is 5.73 Å². The molecule has 1 aliphatic heterocycles. The van der Waals surface area contributed by atoms with E-state index in [2.05, 4.69) is 52.7 Å². The van der Waals surface area contributed by atoms with Crippen LogP contribution in [0, 0.1) is 5.92 Å². The first kappa shape index (κ1) is 20.0. The van der Waals surface area contributed by atoms with E-state index < -0.39 is 0 Å². The second-order valence-corrected chi connectivity index (χ2v) is 6.04. The van der Waals surface area contributed by atoms with Crippen molar-refractivity contribution in [2.24, 2.45) is 16.6 Å². The van der Waals surface area contributed by atoms with Gasteiger partial charge in [-0.3, -0.25) is 0 Å². The summed E-state index contributed by atoms with van der Waals surface area (Å²) in [5.74, 6) is 2.53. The fourth-order valence-electron chi connectivity index (χ4n) is 2.75. The van der Waals surface area contributed by atoms with Crippen molar-refractivity contribution in [1.29, 1.82) is 0 Å². The highest BCUT2D eigenvalue weighted by Crippen LogP contribution is 2.21. The molecule has 0 amide bonds. The number of halogens is 1. The Kier molecular flexibility index (Phi) is 8.65. The zero-order chi connectivity index (χ0) is 15.9. The van der Waals surface area contributed by atoms with Gasteiger partial charge in [0.25, 0.3) is 0 Å². The number of nitrogens with two attached hydrogens (primary N) is 1. The summed E-state index contributed by atoms with van der Waals surface area (Å²) in [7, 11) is 0. The molecule has 2 rings (SSSR count). The van der Waals surface area contributed by atoms with Gasteiger partial charge in [0.15, 0.2) is 5.96 Å². The lowest BCUT2D eigenvalue weighted by Gasteiger charge is -2.31. The fraction of sp³-hybridized carbons (Fsp3) is 0.647. The summed E-state index contributed by atoms with van der Waals surface area (Å²) in [4.78, 5) is 13.5. The minimum atomic E-state index is 0. The number of hydrogen-bond donors (Lipinski definition) is 1. The summed E-state index contributed by atoms with van der Waals surface area (Å²) in [6, 6.07) is 4.22. The summed E-state index contributed by atoms with van der Waals surface area (Å²) in [5, 5.41) is 0. The fourth-order valence-corrected chi connectivity index (χ4v) is 2.75. The van der Waals surface area contributed by atoms with Gasteiger partial charge in [-0.2, -0.15) is 0 Å². The molecule has 0 radical (unpaired) electrons. The SMILES string of the molecule is CCN(CC)C(N)=NCc1ccc(N2CCC(C)CC2)nc1.I. The first-order valence-corrected chi connectivity index (χ1v) is 8.38. The summed E-state index contributed by atoms with van der Waals surface area (Å²) < 4.78 is 0. The number of pyridine rings is 1. The largest absolute Gasteiger partial charge is 0.370 e. The zero-order valence-corrected chi connectivity index (χ0v) is 16.9. The van der Waals surface area contributed by atoms with Crippen LogP contribution in [0.4, 0.5) is 5.82 Å². The lowest BCUT2D eigenvalue weighted by Crippen LogP contribution is -2.37. The molecule has 0 saturated carbocycles. The molecule has 1 aliphatic rings. The van der Waals surface area contributed by atoms with Crippen molar-refractivity contribution in [3.8, 4) is 0 Å². The maximum absolute atomic E-state index is 5.99. The van der Waals surface area contributed by atoms with E-state index >= 15 is 0 Å². The molecule has 1 aromatic heterocycles. The Hall–Kier alpha value is -1.05. The average Bonchev–Trinajstić information content (AvgIpc) is 2.55. The molecule has 130 valence electrons. The first-order chi connectivity index (χ1) is 10.6. The van der Waals surface area contributed by atoms with Gasteiger partial charge in [0.2, 0.25) is 0 Å². The number of aromatic nitrogens is 1. The number of hydrogen-bond acceptors (Lipinski definition) is 3. The van der Waals surface area contributed by atoms with Crippen LogP contribution in [0.1, 0.15) is 39.2 Å². The minimum Gasteiger partial charge on any atom is -0.370 e. The third-order valence-corrected chi connectivity index (χ3v) is 4.43. The molecule has 0 bridgehead atoms.